The van der Waals surface area contributed by atoms with E-state index in [0.29, 0.717) is 12.8 Å². The first-order valence-electron chi connectivity index (χ1n) is 14.6. The van der Waals surface area contributed by atoms with Gasteiger partial charge in [-0.3, -0.25) is 19.2 Å². The van der Waals surface area contributed by atoms with Crippen LogP contribution in [0, 0.1) is 34.5 Å². The van der Waals surface area contributed by atoms with Crippen LogP contribution in [-0.4, -0.2) is 53.1 Å². The van der Waals surface area contributed by atoms with Crippen LogP contribution in [0.2, 0.25) is 0 Å². The number of hydrogen-bond acceptors (Lipinski definition) is 7. The molecule has 7 nitrogen and oxygen atoms in total. The van der Waals surface area contributed by atoms with Gasteiger partial charge >= 0.3 is 11.9 Å². The van der Waals surface area contributed by atoms with Gasteiger partial charge in [-0.25, -0.2) is 8.78 Å². The molecule has 4 aliphatic carbocycles. The Labute approximate surface area is 234 Å². The lowest BCUT2D eigenvalue weighted by Crippen LogP contribution is -2.65. The average molecular weight is 565 g/mol. The lowest BCUT2D eigenvalue weighted by atomic mass is 9.45. The fourth-order valence-electron chi connectivity index (χ4n) is 8.72. The van der Waals surface area contributed by atoms with Crippen molar-refractivity contribution in [3.05, 3.63) is 23.6 Å². The lowest BCUT2D eigenvalue weighted by Gasteiger charge is -2.60. The summed E-state index contributed by atoms with van der Waals surface area (Å²) < 4.78 is 42.1. The lowest BCUT2D eigenvalue weighted by molar-refractivity contribution is -0.207. The zero-order valence-corrected chi connectivity index (χ0v) is 24.1. The van der Waals surface area contributed by atoms with Gasteiger partial charge in [0.1, 0.15) is 6.17 Å². The molecule has 3 saturated carbocycles. The summed E-state index contributed by atoms with van der Waals surface area (Å²) in [6.07, 6.45) is 2.64. The Morgan fingerprint density at radius 2 is 1.82 bits per heavy atom. The molecule has 0 radical (unpaired) electrons. The second-order valence-corrected chi connectivity index (χ2v) is 12.6. The molecule has 9 heteroatoms. The van der Waals surface area contributed by atoms with Crippen LogP contribution >= 0.6 is 0 Å². The SMILES string of the molecule is CCCCCC(=O)O[C@]1(C(=O)COC(=O)CC)[C@H](C)C[C@H]2[C@@H]3C[C@H](F)C4=C(F)C(=O)C=C[C@]4(C)[C@H]3[C@@H](O)C[C@@]21C. The molecule has 3 fully saturated rings. The summed E-state index contributed by atoms with van der Waals surface area (Å²) in [6.45, 7) is 8.33. The molecule has 0 aromatic heterocycles. The number of aliphatic hydroxyl groups excluding tert-OH is 1. The van der Waals surface area contributed by atoms with Crippen LogP contribution in [0.25, 0.3) is 0 Å². The second kappa shape index (κ2) is 11.1. The molecule has 0 unspecified atom stereocenters. The molecule has 0 bridgehead atoms. The van der Waals surface area contributed by atoms with Gasteiger partial charge in [-0.05, 0) is 43.6 Å². The van der Waals surface area contributed by atoms with E-state index in [1.54, 1.807) is 20.8 Å². The molecule has 4 rings (SSSR count). The highest BCUT2D eigenvalue weighted by atomic mass is 19.1. The molecule has 0 spiro atoms. The maximum Gasteiger partial charge on any atom is 0.306 e. The van der Waals surface area contributed by atoms with Crippen molar-refractivity contribution in [3.8, 4) is 0 Å². The third-order valence-corrected chi connectivity index (χ3v) is 10.4. The van der Waals surface area contributed by atoms with Crippen LogP contribution in [0.15, 0.2) is 23.6 Å². The zero-order valence-electron chi connectivity index (χ0n) is 24.1. The Balaban J connectivity index is 1.76. The van der Waals surface area contributed by atoms with E-state index in [4.69, 9.17) is 9.47 Å². The number of halogens is 2. The third kappa shape index (κ3) is 4.56. The highest BCUT2D eigenvalue weighted by Crippen LogP contribution is 2.69. The number of esters is 2. The fourth-order valence-corrected chi connectivity index (χ4v) is 8.72. The number of ether oxygens (including phenoxy) is 2. The standard InChI is InChI=1S/C31H42F2O7/c1-6-8-9-10-25(38)40-31(23(36)16-39-24(37)7-2)17(3)13-19-18-14-20(32)27-28(33)21(34)11-12-29(27,4)26(18)22(35)15-30(19,31)5/h11-12,17-20,22,26,35H,6-10,13-16H2,1-5H3/t17-,18+,19+,20+,22+,26-,29-,30+,31+/m1/s1. The van der Waals surface area contributed by atoms with E-state index in [0.717, 1.165) is 18.9 Å². The number of unbranched alkanes of at least 4 members (excludes halogenated alkanes) is 2. The Morgan fingerprint density at radius 3 is 2.48 bits per heavy atom. The number of aliphatic hydroxyl groups is 1. The predicted octanol–water partition coefficient (Wildman–Crippen LogP) is 5.14. The van der Waals surface area contributed by atoms with Crippen molar-refractivity contribution in [2.24, 2.45) is 34.5 Å². The van der Waals surface area contributed by atoms with Crippen molar-refractivity contribution in [1.29, 1.82) is 0 Å². The maximum atomic E-state index is 15.8. The molecular formula is C31H42F2O7. The summed E-state index contributed by atoms with van der Waals surface area (Å²) in [6, 6.07) is 0. The minimum atomic E-state index is -1.74. The van der Waals surface area contributed by atoms with Crippen molar-refractivity contribution < 1.29 is 42.5 Å². The van der Waals surface area contributed by atoms with Gasteiger partial charge < -0.3 is 14.6 Å². The van der Waals surface area contributed by atoms with Crippen LogP contribution in [0.3, 0.4) is 0 Å². The van der Waals surface area contributed by atoms with E-state index in [1.807, 2.05) is 13.8 Å². The number of allylic oxidation sites excluding steroid dienone is 4. The second-order valence-electron chi connectivity index (χ2n) is 12.6. The summed E-state index contributed by atoms with van der Waals surface area (Å²) >= 11 is 0. The highest BCUT2D eigenvalue weighted by molar-refractivity contribution is 6.04. The van der Waals surface area contributed by atoms with Gasteiger partial charge in [0.2, 0.25) is 11.6 Å². The number of fused-ring (bicyclic) bond motifs is 5. The highest BCUT2D eigenvalue weighted by Gasteiger charge is 2.73. The first-order valence-corrected chi connectivity index (χ1v) is 14.6. The van der Waals surface area contributed by atoms with E-state index in [2.05, 4.69) is 0 Å². The summed E-state index contributed by atoms with van der Waals surface area (Å²) in [4.78, 5) is 51.2. The normalized spacial score (nSPS) is 40.2. The van der Waals surface area contributed by atoms with Gasteiger partial charge in [-0.2, -0.15) is 0 Å². The molecule has 0 aromatic rings. The number of ketones is 2. The minimum absolute atomic E-state index is 0.0438. The Hall–Kier alpha value is -2.42. The van der Waals surface area contributed by atoms with Crippen LogP contribution in [0.5, 0.6) is 0 Å². The van der Waals surface area contributed by atoms with Gasteiger partial charge in [0.05, 0.1) is 6.10 Å². The van der Waals surface area contributed by atoms with E-state index in [1.165, 1.54) is 6.08 Å². The molecule has 4 aliphatic rings. The van der Waals surface area contributed by atoms with Gasteiger partial charge in [0.25, 0.3) is 0 Å². The van der Waals surface area contributed by atoms with E-state index in [-0.39, 0.29) is 37.2 Å². The summed E-state index contributed by atoms with van der Waals surface area (Å²) in [5.74, 6) is -5.54. The average Bonchev–Trinajstić information content (AvgIpc) is 3.11. The van der Waals surface area contributed by atoms with Crippen LogP contribution < -0.4 is 0 Å². The number of hydrogen-bond donors (Lipinski definition) is 1. The van der Waals surface area contributed by atoms with Crippen molar-refractivity contribution >= 4 is 23.5 Å². The molecule has 0 amide bonds. The van der Waals surface area contributed by atoms with Crippen molar-refractivity contribution in [2.45, 2.75) is 104 Å². The summed E-state index contributed by atoms with van der Waals surface area (Å²) in [5.41, 5.74) is -4.21. The van der Waals surface area contributed by atoms with Crippen molar-refractivity contribution in [2.75, 3.05) is 6.61 Å². The molecule has 9 atom stereocenters. The fraction of sp³-hybridized carbons (Fsp3) is 0.742. The number of carbonyl (C=O) groups is 4. The van der Waals surface area contributed by atoms with Gasteiger partial charge in [0.15, 0.2) is 18.0 Å². The van der Waals surface area contributed by atoms with Gasteiger partial charge in [-0.15, -0.1) is 0 Å². The molecular weight excluding hydrogens is 522 g/mol. The van der Waals surface area contributed by atoms with Crippen molar-refractivity contribution in [1.82, 2.24) is 0 Å². The first kappa shape index (κ1) is 30.5. The number of alkyl halides is 1. The molecule has 0 aromatic carbocycles. The van der Waals surface area contributed by atoms with Gasteiger partial charge in [0, 0.05) is 41.1 Å². The minimum Gasteiger partial charge on any atom is -0.457 e. The largest absolute Gasteiger partial charge is 0.457 e. The van der Waals surface area contributed by atoms with E-state index >= 15 is 4.39 Å². The molecule has 0 aliphatic heterocycles. The number of Topliss-reactive ketones (excluding diaryl/α,β-unsaturated/α-hetero) is 1. The quantitative estimate of drug-likeness (QED) is 0.305. The Morgan fingerprint density at radius 1 is 1.12 bits per heavy atom. The van der Waals surface area contributed by atoms with E-state index in [9.17, 15) is 28.7 Å². The van der Waals surface area contributed by atoms with Crippen molar-refractivity contribution in [3.63, 3.8) is 0 Å². The predicted molar refractivity (Wildman–Crippen MR) is 142 cm³/mol. The summed E-state index contributed by atoms with van der Waals surface area (Å²) in [7, 11) is 0. The molecule has 0 heterocycles. The van der Waals surface area contributed by atoms with Gasteiger partial charge in [-0.1, -0.05) is 53.5 Å². The molecule has 40 heavy (non-hydrogen) atoms. The smallest absolute Gasteiger partial charge is 0.306 e. The van der Waals surface area contributed by atoms with E-state index < -0.39 is 82.4 Å². The monoisotopic (exact) mass is 564 g/mol. The van der Waals surface area contributed by atoms with Crippen LogP contribution in [0.4, 0.5) is 8.78 Å². The van der Waals surface area contributed by atoms with Crippen LogP contribution in [0.1, 0.15) is 86.0 Å². The molecule has 1 N–H and O–H groups in total. The Bertz CT molecular complexity index is 1130. The maximum absolute atomic E-state index is 15.8. The molecule has 222 valence electrons. The summed E-state index contributed by atoms with van der Waals surface area (Å²) in [5, 5.41) is 11.7. The third-order valence-electron chi connectivity index (χ3n) is 10.4. The zero-order chi connectivity index (χ0) is 29.6. The van der Waals surface area contributed by atoms with Crippen LogP contribution in [-0.2, 0) is 28.7 Å². The first-order chi connectivity index (χ1) is 18.8. The Kier molecular flexibility index (Phi) is 8.48. The topological polar surface area (TPSA) is 107 Å². The number of carbonyl (C=O) groups excluding carboxylic acids is 4. The molecule has 0 saturated heterocycles. The number of rotatable bonds is 9.